The van der Waals surface area contributed by atoms with Crippen LogP contribution in [0.1, 0.15) is 29.5 Å². The monoisotopic (exact) mass is 269 g/mol. The van der Waals surface area contributed by atoms with Crippen LogP contribution in [-0.2, 0) is 12.8 Å². The average Bonchev–Trinajstić information content (AvgIpc) is 2.43. The average molecular weight is 269 g/mol. The van der Waals surface area contributed by atoms with Crippen LogP contribution >= 0.6 is 0 Å². The molecule has 2 heteroatoms. The van der Waals surface area contributed by atoms with Gasteiger partial charge in [0.25, 0.3) is 0 Å². The summed E-state index contributed by atoms with van der Waals surface area (Å²) in [7, 11) is 0. The maximum absolute atomic E-state index is 13.8. The summed E-state index contributed by atoms with van der Waals surface area (Å²) < 4.78 is 13.8. The lowest BCUT2D eigenvalue weighted by Crippen LogP contribution is -2.41. The van der Waals surface area contributed by atoms with Gasteiger partial charge < -0.3 is 5.32 Å². The van der Waals surface area contributed by atoms with E-state index >= 15 is 0 Å². The molecule has 2 atom stereocenters. The number of hydrogen-bond acceptors (Lipinski definition) is 1. The molecule has 0 amide bonds. The summed E-state index contributed by atoms with van der Waals surface area (Å²) in [4.78, 5) is 0. The third-order valence-corrected chi connectivity index (χ3v) is 4.24. The minimum atomic E-state index is -0.0944. The Kier molecular flexibility index (Phi) is 3.83. The van der Waals surface area contributed by atoms with Crippen molar-refractivity contribution < 1.29 is 4.39 Å². The highest BCUT2D eigenvalue weighted by Crippen LogP contribution is 2.38. The van der Waals surface area contributed by atoms with Crippen LogP contribution in [0.15, 0.2) is 48.5 Å². The smallest absolute Gasteiger partial charge is 0.126 e. The van der Waals surface area contributed by atoms with Crippen LogP contribution in [0.5, 0.6) is 0 Å². The number of rotatable bonds is 5. The maximum atomic E-state index is 13.8. The lowest BCUT2D eigenvalue weighted by molar-refractivity contribution is 0.400. The van der Waals surface area contributed by atoms with Gasteiger partial charge >= 0.3 is 0 Å². The zero-order valence-corrected chi connectivity index (χ0v) is 11.8. The fourth-order valence-corrected chi connectivity index (χ4v) is 3.18. The van der Waals surface area contributed by atoms with Crippen LogP contribution in [0, 0.1) is 5.82 Å². The van der Waals surface area contributed by atoms with Crippen LogP contribution in [0.25, 0.3) is 0 Å². The van der Waals surface area contributed by atoms with Gasteiger partial charge in [0.1, 0.15) is 5.82 Å². The molecule has 20 heavy (non-hydrogen) atoms. The molecule has 0 heterocycles. The molecule has 3 rings (SSSR count). The molecule has 0 spiro atoms. The fourth-order valence-electron chi connectivity index (χ4n) is 3.18. The zero-order chi connectivity index (χ0) is 13.9. The molecule has 0 saturated carbocycles. The highest BCUT2D eigenvalue weighted by molar-refractivity contribution is 5.41. The summed E-state index contributed by atoms with van der Waals surface area (Å²) in [5.41, 5.74) is 3.67. The van der Waals surface area contributed by atoms with E-state index in [2.05, 4.69) is 36.5 Å². The normalized spacial score (nSPS) is 18.2. The molecular weight excluding hydrogens is 249 g/mol. The van der Waals surface area contributed by atoms with Gasteiger partial charge in [0.2, 0.25) is 0 Å². The molecule has 2 aromatic rings. The van der Waals surface area contributed by atoms with Crippen molar-refractivity contribution in [3.63, 3.8) is 0 Å². The molecule has 104 valence electrons. The van der Waals surface area contributed by atoms with Gasteiger partial charge in [-0.05, 0) is 42.1 Å². The number of fused-ring (bicyclic) bond motifs is 1. The van der Waals surface area contributed by atoms with E-state index in [1.807, 2.05) is 12.1 Å². The maximum Gasteiger partial charge on any atom is 0.126 e. The van der Waals surface area contributed by atoms with Crippen molar-refractivity contribution in [2.45, 2.75) is 31.7 Å². The summed E-state index contributed by atoms with van der Waals surface area (Å²) in [6, 6.07) is 16.0. The van der Waals surface area contributed by atoms with Gasteiger partial charge in [0.05, 0.1) is 0 Å². The Balaban J connectivity index is 1.79. The molecule has 1 aliphatic carbocycles. The van der Waals surface area contributed by atoms with Gasteiger partial charge in [-0.3, -0.25) is 0 Å². The Labute approximate surface area is 119 Å². The first kappa shape index (κ1) is 13.3. The van der Waals surface area contributed by atoms with E-state index in [1.54, 1.807) is 12.1 Å². The molecule has 0 radical (unpaired) electrons. The largest absolute Gasteiger partial charge is 0.313 e. The molecule has 0 aliphatic heterocycles. The molecule has 1 N–H and O–H groups in total. The number of halogens is 1. The van der Waals surface area contributed by atoms with E-state index in [1.165, 1.54) is 11.1 Å². The number of hydrogen-bond donors (Lipinski definition) is 1. The van der Waals surface area contributed by atoms with Crippen molar-refractivity contribution in [2.24, 2.45) is 0 Å². The highest BCUT2D eigenvalue weighted by Gasteiger charge is 2.32. The lowest BCUT2D eigenvalue weighted by Gasteiger charge is -2.37. The van der Waals surface area contributed by atoms with Crippen molar-refractivity contribution in [3.8, 4) is 0 Å². The molecule has 0 bridgehead atoms. The van der Waals surface area contributed by atoms with Crippen LogP contribution in [-0.4, -0.2) is 12.6 Å². The number of likely N-dealkylation sites (N-methyl/N-ethyl adjacent to an activating group) is 1. The number of nitrogens with one attached hydrogen (secondary N) is 1. The minimum absolute atomic E-state index is 0.0944. The first-order valence-electron chi connectivity index (χ1n) is 7.34. The first-order valence-corrected chi connectivity index (χ1v) is 7.34. The summed E-state index contributed by atoms with van der Waals surface area (Å²) in [6.07, 6.45) is 1.85. The summed E-state index contributed by atoms with van der Waals surface area (Å²) >= 11 is 0. The van der Waals surface area contributed by atoms with E-state index in [0.29, 0.717) is 12.0 Å². The van der Waals surface area contributed by atoms with Gasteiger partial charge in [-0.25, -0.2) is 4.39 Å². The third kappa shape index (κ3) is 2.48. The van der Waals surface area contributed by atoms with E-state index in [0.717, 1.165) is 24.9 Å². The molecule has 0 fully saturated rings. The van der Waals surface area contributed by atoms with E-state index < -0.39 is 0 Å². The van der Waals surface area contributed by atoms with Gasteiger partial charge in [-0.2, -0.15) is 0 Å². The second-order valence-corrected chi connectivity index (χ2v) is 5.47. The Hall–Kier alpha value is -1.67. The molecule has 0 saturated heterocycles. The van der Waals surface area contributed by atoms with E-state index in [-0.39, 0.29) is 5.82 Å². The minimum Gasteiger partial charge on any atom is -0.313 e. The van der Waals surface area contributed by atoms with Gasteiger partial charge in [-0.15, -0.1) is 0 Å². The fraction of sp³-hybridized carbons (Fsp3) is 0.333. The van der Waals surface area contributed by atoms with Gasteiger partial charge in [0, 0.05) is 12.0 Å². The van der Waals surface area contributed by atoms with Crippen molar-refractivity contribution in [1.29, 1.82) is 0 Å². The SMILES string of the molecule is CCNC(Cc1ccccc1F)C1Cc2ccccc21. The van der Waals surface area contributed by atoms with Crippen LogP contribution < -0.4 is 5.32 Å². The zero-order valence-electron chi connectivity index (χ0n) is 11.8. The predicted octanol–water partition coefficient (Wildman–Crippen LogP) is 3.69. The third-order valence-electron chi connectivity index (χ3n) is 4.24. The van der Waals surface area contributed by atoms with Crippen LogP contribution in [0.4, 0.5) is 4.39 Å². The second-order valence-electron chi connectivity index (χ2n) is 5.47. The summed E-state index contributed by atoms with van der Waals surface area (Å²) in [5, 5.41) is 3.53. The Morgan fingerprint density at radius 3 is 2.65 bits per heavy atom. The highest BCUT2D eigenvalue weighted by atomic mass is 19.1. The van der Waals surface area contributed by atoms with Crippen LogP contribution in [0.2, 0.25) is 0 Å². The molecule has 1 nitrogen and oxygen atoms in total. The quantitative estimate of drug-likeness (QED) is 0.873. The van der Waals surface area contributed by atoms with Crippen molar-refractivity contribution in [1.82, 2.24) is 5.32 Å². The van der Waals surface area contributed by atoms with Crippen molar-refractivity contribution in [3.05, 3.63) is 71.0 Å². The van der Waals surface area contributed by atoms with E-state index in [4.69, 9.17) is 0 Å². The molecule has 2 aromatic carbocycles. The standard InChI is InChI=1S/C18H20FN/c1-2-20-18(12-14-8-4-6-10-17(14)19)16-11-13-7-3-5-9-15(13)16/h3-10,16,18,20H,2,11-12H2,1H3. The molecule has 2 unspecified atom stereocenters. The number of benzene rings is 2. The first-order chi connectivity index (χ1) is 9.79. The van der Waals surface area contributed by atoms with Crippen molar-refractivity contribution in [2.75, 3.05) is 6.54 Å². The Morgan fingerprint density at radius 2 is 1.90 bits per heavy atom. The molecule has 1 aliphatic rings. The van der Waals surface area contributed by atoms with Crippen LogP contribution in [0.3, 0.4) is 0 Å². The van der Waals surface area contributed by atoms with Gasteiger partial charge in [-0.1, -0.05) is 49.4 Å². The second kappa shape index (κ2) is 5.76. The lowest BCUT2D eigenvalue weighted by atomic mass is 9.72. The molecule has 0 aromatic heterocycles. The van der Waals surface area contributed by atoms with Crippen molar-refractivity contribution >= 4 is 0 Å². The summed E-state index contributed by atoms with van der Waals surface area (Å²) in [6.45, 7) is 3.02. The van der Waals surface area contributed by atoms with Gasteiger partial charge in [0.15, 0.2) is 0 Å². The topological polar surface area (TPSA) is 12.0 Å². The molecular formula is C18H20FN. The summed E-state index contributed by atoms with van der Waals surface area (Å²) in [5.74, 6) is 0.411. The van der Waals surface area contributed by atoms with E-state index in [9.17, 15) is 4.39 Å². The Bertz CT molecular complexity index is 593. The Morgan fingerprint density at radius 1 is 1.15 bits per heavy atom. The predicted molar refractivity (Wildman–Crippen MR) is 80.5 cm³/mol.